The molecule has 2 aromatic rings. The van der Waals surface area contributed by atoms with E-state index in [0.717, 1.165) is 45.9 Å². The molecule has 0 N–H and O–H groups in total. The molecule has 0 amide bonds. The van der Waals surface area contributed by atoms with E-state index < -0.39 is 0 Å². The zero-order valence-electron chi connectivity index (χ0n) is 11.9. The fourth-order valence-corrected chi connectivity index (χ4v) is 3.67. The Labute approximate surface area is 127 Å². The van der Waals surface area contributed by atoms with Crippen LogP contribution in [0.3, 0.4) is 0 Å². The fourth-order valence-electron chi connectivity index (χ4n) is 3.67. The number of hydrogen-bond donors (Lipinski definition) is 0. The third-order valence-electron chi connectivity index (χ3n) is 4.71. The van der Waals surface area contributed by atoms with E-state index in [9.17, 15) is 4.79 Å². The molecule has 0 saturated heterocycles. The predicted molar refractivity (Wildman–Crippen MR) is 84.2 cm³/mol. The number of carbonyl (C=O) groups is 1. The van der Waals surface area contributed by atoms with Crippen LogP contribution < -0.4 is 0 Å². The predicted octanol–water partition coefficient (Wildman–Crippen LogP) is 4.21. The zero-order chi connectivity index (χ0) is 14.7. The van der Waals surface area contributed by atoms with Gasteiger partial charge in [0.15, 0.2) is 5.78 Å². The van der Waals surface area contributed by atoms with E-state index in [1.165, 1.54) is 0 Å². The van der Waals surface area contributed by atoms with Crippen LogP contribution in [0.1, 0.15) is 30.1 Å². The number of rotatable bonds is 1. The van der Waals surface area contributed by atoms with Crippen molar-refractivity contribution < 1.29 is 9.21 Å². The highest BCUT2D eigenvalue weighted by atomic mass is 16.3. The van der Waals surface area contributed by atoms with Crippen LogP contribution in [0, 0.1) is 0 Å². The first kappa shape index (κ1) is 11.9. The van der Waals surface area contributed by atoms with Crippen LogP contribution in [0.15, 0.2) is 69.3 Å². The number of aliphatic imine (C=N–C) groups is 1. The Morgan fingerprint density at radius 3 is 2.86 bits per heavy atom. The highest BCUT2D eigenvalue weighted by Crippen LogP contribution is 2.47. The number of Topliss-reactive ketones (excluding diaryl/α,β-unsaturated/α-hetero) is 1. The lowest BCUT2D eigenvalue weighted by Crippen LogP contribution is -2.18. The smallest absolute Gasteiger partial charge is 0.163 e. The summed E-state index contributed by atoms with van der Waals surface area (Å²) < 4.78 is 5.51. The van der Waals surface area contributed by atoms with Gasteiger partial charge in [-0.1, -0.05) is 18.2 Å². The molecule has 1 aliphatic heterocycles. The van der Waals surface area contributed by atoms with Gasteiger partial charge in [-0.15, -0.1) is 0 Å². The lowest BCUT2D eigenvalue weighted by Gasteiger charge is -2.21. The minimum absolute atomic E-state index is 0.125. The molecule has 106 valence electrons. The van der Waals surface area contributed by atoms with Crippen LogP contribution in [0.25, 0.3) is 5.57 Å². The van der Waals surface area contributed by atoms with Crippen molar-refractivity contribution in [1.82, 2.24) is 0 Å². The van der Waals surface area contributed by atoms with Crippen LogP contribution in [-0.4, -0.2) is 11.5 Å². The molecular weight excluding hydrogens is 274 g/mol. The Hall–Kier alpha value is -2.68. The van der Waals surface area contributed by atoms with Gasteiger partial charge < -0.3 is 4.42 Å². The average molecular weight is 287 g/mol. The Bertz CT molecular complexity index is 897. The van der Waals surface area contributed by atoms with Crippen molar-refractivity contribution in [2.24, 2.45) is 4.99 Å². The number of fused-ring (bicyclic) bond motifs is 4. The van der Waals surface area contributed by atoms with E-state index in [1.54, 1.807) is 6.26 Å². The molecule has 1 aromatic heterocycles. The summed E-state index contributed by atoms with van der Waals surface area (Å²) in [6.07, 6.45) is 5.04. The Morgan fingerprint density at radius 2 is 2.00 bits per heavy atom. The average Bonchev–Trinajstić information content (AvgIpc) is 3.22. The summed E-state index contributed by atoms with van der Waals surface area (Å²) in [7, 11) is 0. The summed E-state index contributed by atoms with van der Waals surface area (Å²) in [4.78, 5) is 17.3. The Balaban J connectivity index is 1.59. The molecule has 3 nitrogen and oxygen atoms in total. The molecule has 0 unspecified atom stereocenters. The zero-order valence-corrected chi connectivity index (χ0v) is 11.9. The summed E-state index contributed by atoms with van der Waals surface area (Å²) in [5, 5.41) is 0. The normalized spacial score (nSPS) is 22.2. The maximum absolute atomic E-state index is 12.5. The van der Waals surface area contributed by atoms with Crippen LogP contribution in [0.5, 0.6) is 0 Å². The Kier molecular flexibility index (Phi) is 2.26. The highest BCUT2D eigenvalue weighted by molar-refractivity contribution is 6.41. The van der Waals surface area contributed by atoms with E-state index in [0.29, 0.717) is 6.42 Å². The van der Waals surface area contributed by atoms with Crippen LogP contribution in [0.2, 0.25) is 0 Å². The van der Waals surface area contributed by atoms with Gasteiger partial charge in [-0.05, 0) is 36.3 Å². The third-order valence-corrected chi connectivity index (χ3v) is 4.71. The number of hydrogen-bond acceptors (Lipinski definition) is 3. The van der Waals surface area contributed by atoms with E-state index in [-0.39, 0.29) is 11.7 Å². The van der Waals surface area contributed by atoms with Crippen molar-refractivity contribution in [2.75, 3.05) is 0 Å². The molecule has 2 aliphatic carbocycles. The van der Waals surface area contributed by atoms with Gasteiger partial charge in [0.25, 0.3) is 0 Å². The molecule has 3 aliphatic rings. The van der Waals surface area contributed by atoms with Gasteiger partial charge in [0.2, 0.25) is 0 Å². The van der Waals surface area contributed by atoms with Crippen molar-refractivity contribution in [3.05, 3.63) is 71.2 Å². The van der Waals surface area contributed by atoms with E-state index in [1.807, 2.05) is 36.4 Å². The number of ketones is 1. The molecule has 0 bridgehead atoms. The maximum Gasteiger partial charge on any atom is 0.163 e. The maximum atomic E-state index is 12.5. The minimum atomic E-state index is 0.125. The molecule has 1 atom stereocenters. The van der Waals surface area contributed by atoms with Gasteiger partial charge in [-0.2, -0.15) is 0 Å². The van der Waals surface area contributed by atoms with Crippen molar-refractivity contribution >= 4 is 22.8 Å². The molecule has 3 heteroatoms. The molecule has 5 rings (SSSR count). The second-order valence-corrected chi connectivity index (χ2v) is 5.97. The van der Waals surface area contributed by atoms with Crippen molar-refractivity contribution in [3.63, 3.8) is 0 Å². The van der Waals surface area contributed by atoms with Gasteiger partial charge in [-0.3, -0.25) is 4.79 Å². The number of para-hydroxylation sites is 1. The second kappa shape index (κ2) is 4.17. The summed E-state index contributed by atoms with van der Waals surface area (Å²) >= 11 is 0. The molecule has 0 saturated carbocycles. The SMILES string of the molecule is O=C1C[C@@H](c2ccco2)CC2=C1C=C1C2=Nc2ccccc21. The van der Waals surface area contributed by atoms with E-state index in [4.69, 9.17) is 9.41 Å². The Morgan fingerprint density at radius 1 is 1.09 bits per heavy atom. The van der Waals surface area contributed by atoms with E-state index >= 15 is 0 Å². The summed E-state index contributed by atoms with van der Waals surface area (Å²) in [5.74, 6) is 1.22. The van der Waals surface area contributed by atoms with Crippen molar-refractivity contribution in [3.8, 4) is 0 Å². The third kappa shape index (κ3) is 1.51. The molecule has 1 aromatic carbocycles. The van der Waals surface area contributed by atoms with Gasteiger partial charge in [-0.25, -0.2) is 4.99 Å². The molecule has 0 spiro atoms. The van der Waals surface area contributed by atoms with Gasteiger partial charge in [0, 0.05) is 29.0 Å². The highest BCUT2D eigenvalue weighted by Gasteiger charge is 2.38. The number of carbonyl (C=O) groups excluding carboxylic acids is 1. The standard InChI is InChI=1S/C19H13NO2/c21-17-9-11(18-6-3-7-22-18)8-14-13(17)10-15-12-4-1-2-5-16(12)20-19(14)15/h1-7,10-11H,8-9H2/t11-/m0/s1. The lowest BCUT2D eigenvalue weighted by molar-refractivity contribution is -0.116. The molecule has 22 heavy (non-hydrogen) atoms. The molecule has 2 heterocycles. The van der Waals surface area contributed by atoms with Crippen molar-refractivity contribution in [1.29, 1.82) is 0 Å². The van der Waals surface area contributed by atoms with Gasteiger partial charge in [0.1, 0.15) is 5.76 Å². The monoisotopic (exact) mass is 287 g/mol. The van der Waals surface area contributed by atoms with Gasteiger partial charge in [0.05, 0.1) is 17.7 Å². The first-order valence-corrected chi connectivity index (χ1v) is 7.51. The van der Waals surface area contributed by atoms with Crippen LogP contribution >= 0.6 is 0 Å². The number of furan rings is 1. The lowest BCUT2D eigenvalue weighted by atomic mass is 9.82. The summed E-state index contributed by atoms with van der Waals surface area (Å²) in [6, 6.07) is 11.9. The molecular formula is C19H13NO2. The van der Waals surface area contributed by atoms with Crippen LogP contribution in [0.4, 0.5) is 5.69 Å². The van der Waals surface area contributed by atoms with Gasteiger partial charge >= 0.3 is 0 Å². The van der Waals surface area contributed by atoms with Crippen molar-refractivity contribution in [2.45, 2.75) is 18.8 Å². The summed E-state index contributed by atoms with van der Waals surface area (Å²) in [5.41, 5.74) is 6.17. The number of allylic oxidation sites excluding steroid dienone is 4. The molecule has 0 fully saturated rings. The molecule has 0 radical (unpaired) electrons. The largest absolute Gasteiger partial charge is 0.469 e. The summed E-state index contributed by atoms with van der Waals surface area (Å²) in [6.45, 7) is 0. The number of nitrogens with zero attached hydrogens (tertiary/aromatic N) is 1. The first-order chi connectivity index (χ1) is 10.8. The first-order valence-electron chi connectivity index (χ1n) is 7.51. The minimum Gasteiger partial charge on any atom is -0.469 e. The second-order valence-electron chi connectivity index (χ2n) is 5.97. The van der Waals surface area contributed by atoms with Crippen LogP contribution in [-0.2, 0) is 4.79 Å². The number of benzene rings is 1. The quantitative estimate of drug-likeness (QED) is 0.788. The fraction of sp³-hybridized carbons (Fsp3) is 0.158. The van der Waals surface area contributed by atoms with E-state index in [2.05, 4.69) is 6.07 Å². The topological polar surface area (TPSA) is 42.6 Å².